The number of aldehydes is 1. The van der Waals surface area contributed by atoms with Crippen LogP contribution < -0.4 is 0 Å². The molecule has 0 spiro atoms. The largest absolute Gasteiger partial charge is 0.383 e. The highest BCUT2D eigenvalue weighted by Crippen LogP contribution is 2.41. The fourth-order valence-corrected chi connectivity index (χ4v) is 6.95. The summed E-state index contributed by atoms with van der Waals surface area (Å²) < 4.78 is 9.09. The fraction of sp³-hybridized carbons (Fsp3) is 0.0270. The van der Waals surface area contributed by atoms with Crippen molar-refractivity contribution in [3.8, 4) is 43.4 Å². The van der Waals surface area contributed by atoms with Crippen LogP contribution in [-0.2, 0) is 0 Å². The standard InChI is InChI=1S/C21H15ClN2OS.C16H10ClNOS/c22-17-10-8-14(9-11-17)19-18(20(25)16-7-4-12-23-13-16)21(26-24-19)15-5-2-1-3-6-15;17-13-8-6-11(7-9-13)15-14(10-19)16(20-18-15)12-4-2-1-3-5-12/h1-13,20,25H;1-10H. The number of pyridine rings is 1. The van der Waals surface area contributed by atoms with Crippen LogP contribution in [-0.4, -0.2) is 25.1 Å². The Labute approximate surface area is 284 Å². The lowest BCUT2D eigenvalue weighted by atomic mass is 9.95. The predicted octanol–water partition coefficient (Wildman–Crippen LogP) is 10.6. The molecule has 1 N–H and O–H groups in total. The quantitative estimate of drug-likeness (QED) is 0.170. The van der Waals surface area contributed by atoms with Crippen molar-refractivity contribution >= 4 is 52.6 Å². The van der Waals surface area contributed by atoms with E-state index in [0.717, 1.165) is 55.1 Å². The van der Waals surface area contributed by atoms with Crippen LogP contribution in [0.15, 0.2) is 134 Å². The first-order valence-electron chi connectivity index (χ1n) is 14.2. The van der Waals surface area contributed by atoms with Gasteiger partial charge < -0.3 is 5.11 Å². The number of hydrogen-bond acceptors (Lipinski definition) is 7. The fourth-order valence-electron chi connectivity index (χ4n) is 4.89. The Kier molecular flexibility index (Phi) is 10.1. The summed E-state index contributed by atoms with van der Waals surface area (Å²) in [7, 11) is 0. The van der Waals surface area contributed by atoms with Gasteiger partial charge in [0.2, 0.25) is 0 Å². The molecular formula is C37H25Cl2N3O2S2. The number of carbonyl (C=O) groups is 1. The van der Waals surface area contributed by atoms with Crippen molar-refractivity contribution in [3.63, 3.8) is 0 Å². The van der Waals surface area contributed by atoms with Crippen molar-refractivity contribution in [3.05, 3.63) is 160 Å². The monoisotopic (exact) mass is 677 g/mol. The highest BCUT2D eigenvalue weighted by molar-refractivity contribution is 7.10. The van der Waals surface area contributed by atoms with Crippen molar-refractivity contribution < 1.29 is 9.90 Å². The maximum absolute atomic E-state index is 11.5. The molecule has 0 amide bonds. The number of aromatic nitrogens is 3. The predicted molar refractivity (Wildman–Crippen MR) is 190 cm³/mol. The second kappa shape index (κ2) is 14.7. The molecule has 0 aliphatic rings. The van der Waals surface area contributed by atoms with Crippen molar-refractivity contribution in [1.82, 2.24) is 13.7 Å². The van der Waals surface area contributed by atoms with E-state index in [1.807, 2.05) is 109 Å². The molecule has 46 heavy (non-hydrogen) atoms. The first-order valence-corrected chi connectivity index (χ1v) is 16.5. The molecule has 5 nitrogen and oxygen atoms in total. The van der Waals surface area contributed by atoms with Crippen LogP contribution >= 0.6 is 46.3 Å². The van der Waals surface area contributed by atoms with Crippen molar-refractivity contribution in [1.29, 1.82) is 0 Å². The summed E-state index contributed by atoms with van der Waals surface area (Å²) in [6.45, 7) is 0. The first kappa shape index (κ1) is 31.5. The zero-order chi connectivity index (χ0) is 31.9. The third-order valence-electron chi connectivity index (χ3n) is 7.15. The smallest absolute Gasteiger partial charge is 0.153 e. The number of carbonyl (C=O) groups excluding carboxylic acids is 1. The Morgan fingerprint density at radius 3 is 1.67 bits per heavy atom. The highest BCUT2D eigenvalue weighted by atomic mass is 35.5. The Morgan fingerprint density at radius 1 is 0.609 bits per heavy atom. The van der Waals surface area contributed by atoms with Gasteiger partial charge in [0.25, 0.3) is 0 Å². The second-order valence-corrected chi connectivity index (χ2v) is 12.5. The minimum Gasteiger partial charge on any atom is -0.383 e. The highest BCUT2D eigenvalue weighted by Gasteiger charge is 2.24. The molecule has 0 aliphatic heterocycles. The topological polar surface area (TPSA) is 76.0 Å². The lowest BCUT2D eigenvalue weighted by Crippen LogP contribution is -2.02. The summed E-state index contributed by atoms with van der Waals surface area (Å²) in [5, 5.41) is 12.5. The lowest BCUT2D eigenvalue weighted by Gasteiger charge is -2.14. The summed E-state index contributed by atoms with van der Waals surface area (Å²) in [5.74, 6) is 0. The molecule has 226 valence electrons. The van der Waals surface area contributed by atoms with Crippen LogP contribution in [0, 0.1) is 0 Å². The molecule has 0 saturated carbocycles. The number of nitrogens with zero attached hydrogens (tertiary/aromatic N) is 3. The van der Waals surface area contributed by atoms with E-state index >= 15 is 0 Å². The van der Waals surface area contributed by atoms with Gasteiger partial charge in [0.05, 0.1) is 26.7 Å². The zero-order valence-corrected chi connectivity index (χ0v) is 27.3. The molecule has 0 fully saturated rings. The molecule has 0 saturated heterocycles. The van der Waals surface area contributed by atoms with Gasteiger partial charge in [0.1, 0.15) is 6.10 Å². The molecule has 3 heterocycles. The molecular weight excluding hydrogens is 653 g/mol. The zero-order valence-electron chi connectivity index (χ0n) is 24.1. The van der Waals surface area contributed by atoms with Gasteiger partial charge in [0.15, 0.2) is 6.29 Å². The Balaban J connectivity index is 0.000000167. The van der Waals surface area contributed by atoms with Crippen LogP contribution in [0.1, 0.15) is 27.6 Å². The normalized spacial score (nSPS) is 11.4. The van der Waals surface area contributed by atoms with Gasteiger partial charge in [-0.15, -0.1) is 0 Å². The van der Waals surface area contributed by atoms with E-state index in [1.165, 1.54) is 23.1 Å². The van der Waals surface area contributed by atoms with Gasteiger partial charge in [0, 0.05) is 44.7 Å². The van der Waals surface area contributed by atoms with Gasteiger partial charge in [-0.3, -0.25) is 9.78 Å². The molecule has 7 aromatic rings. The van der Waals surface area contributed by atoms with Crippen LogP contribution in [0.2, 0.25) is 10.0 Å². The molecule has 0 aliphatic carbocycles. The second-order valence-electron chi connectivity index (χ2n) is 10.1. The number of halogens is 2. The van der Waals surface area contributed by atoms with Crippen LogP contribution in [0.25, 0.3) is 43.4 Å². The minimum atomic E-state index is -0.816. The van der Waals surface area contributed by atoms with Gasteiger partial charge in [-0.1, -0.05) is 114 Å². The van der Waals surface area contributed by atoms with Crippen molar-refractivity contribution in [2.24, 2.45) is 0 Å². The van der Waals surface area contributed by atoms with Gasteiger partial charge in [-0.05, 0) is 64.5 Å². The average Bonchev–Trinajstić information content (AvgIpc) is 3.75. The number of benzene rings is 4. The summed E-state index contributed by atoms with van der Waals surface area (Å²) in [6.07, 6.45) is 3.43. The van der Waals surface area contributed by atoms with E-state index in [-0.39, 0.29) is 0 Å². The minimum absolute atomic E-state index is 0.628. The number of rotatable bonds is 7. The van der Waals surface area contributed by atoms with E-state index < -0.39 is 6.10 Å². The molecule has 7 rings (SSSR count). The van der Waals surface area contributed by atoms with E-state index in [9.17, 15) is 9.90 Å². The average molecular weight is 679 g/mol. The van der Waals surface area contributed by atoms with E-state index in [4.69, 9.17) is 23.2 Å². The molecule has 0 radical (unpaired) electrons. The maximum Gasteiger partial charge on any atom is 0.153 e. The summed E-state index contributed by atoms with van der Waals surface area (Å²) in [6, 6.07) is 38.3. The summed E-state index contributed by atoms with van der Waals surface area (Å²) in [4.78, 5) is 17.4. The molecule has 4 aromatic carbocycles. The third kappa shape index (κ3) is 6.99. The first-order chi connectivity index (χ1) is 22.5. The van der Waals surface area contributed by atoms with E-state index in [0.29, 0.717) is 21.3 Å². The van der Waals surface area contributed by atoms with Crippen LogP contribution in [0.3, 0.4) is 0 Å². The van der Waals surface area contributed by atoms with Crippen molar-refractivity contribution in [2.75, 3.05) is 0 Å². The summed E-state index contributed by atoms with van der Waals surface area (Å²) >= 11 is 14.6. The number of hydrogen-bond donors (Lipinski definition) is 1. The van der Waals surface area contributed by atoms with Gasteiger partial charge in [-0.2, -0.15) is 8.75 Å². The van der Waals surface area contributed by atoms with Crippen LogP contribution in [0.4, 0.5) is 0 Å². The Hall–Kier alpha value is -4.50. The van der Waals surface area contributed by atoms with Gasteiger partial charge in [-0.25, -0.2) is 0 Å². The van der Waals surface area contributed by atoms with Crippen molar-refractivity contribution in [2.45, 2.75) is 6.10 Å². The summed E-state index contributed by atoms with van der Waals surface area (Å²) in [5.41, 5.74) is 7.48. The number of aliphatic hydroxyl groups is 1. The molecule has 1 unspecified atom stereocenters. The van der Waals surface area contributed by atoms with Crippen LogP contribution in [0.5, 0.6) is 0 Å². The molecule has 9 heteroatoms. The maximum atomic E-state index is 11.5. The van der Waals surface area contributed by atoms with Gasteiger partial charge >= 0.3 is 0 Å². The molecule has 0 bridgehead atoms. The third-order valence-corrected chi connectivity index (χ3v) is 9.48. The molecule has 3 aromatic heterocycles. The number of aliphatic hydroxyl groups excluding tert-OH is 1. The Bertz CT molecular complexity index is 2030. The lowest BCUT2D eigenvalue weighted by molar-refractivity contribution is 0.112. The Morgan fingerprint density at radius 2 is 1.13 bits per heavy atom. The van der Waals surface area contributed by atoms with E-state index in [1.54, 1.807) is 24.5 Å². The van der Waals surface area contributed by atoms with E-state index in [2.05, 4.69) is 13.7 Å². The SMILES string of the molecule is O=Cc1c(-c2ccc(Cl)cc2)nsc1-c1ccccc1.OC(c1cccnc1)c1c(-c2ccc(Cl)cc2)nsc1-c1ccccc1. The molecule has 1 atom stereocenters.